The molecule has 0 aliphatic rings. The Hall–Kier alpha value is -1.88. The van der Waals surface area contributed by atoms with Crippen molar-refractivity contribution in [1.29, 1.82) is 0 Å². The van der Waals surface area contributed by atoms with Gasteiger partial charge in [0, 0.05) is 22.5 Å². The van der Waals surface area contributed by atoms with Crippen LogP contribution in [-0.4, -0.2) is 10.9 Å². The van der Waals surface area contributed by atoms with Crippen molar-refractivity contribution in [2.24, 2.45) is 5.92 Å². The molecule has 1 aromatic heterocycles. The molecule has 2 rings (SSSR count). The van der Waals surface area contributed by atoms with Crippen LogP contribution in [0.4, 0.5) is 10.8 Å². The third-order valence-electron chi connectivity index (χ3n) is 2.49. The molecular formula is C13H15N3OS. The molecule has 0 atom stereocenters. The maximum atomic E-state index is 11.5. The number of amides is 1. The molecule has 5 heteroatoms. The summed E-state index contributed by atoms with van der Waals surface area (Å²) in [5.41, 5.74) is 8.24. The van der Waals surface area contributed by atoms with Gasteiger partial charge < -0.3 is 11.1 Å². The molecule has 1 aromatic carbocycles. The Morgan fingerprint density at radius 1 is 1.33 bits per heavy atom. The number of carbonyl (C=O) groups is 1. The van der Waals surface area contributed by atoms with Gasteiger partial charge in [-0.3, -0.25) is 4.79 Å². The van der Waals surface area contributed by atoms with E-state index in [1.807, 2.05) is 43.5 Å². The highest BCUT2D eigenvalue weighted by atomic mass is 32.1. The summed E-state index contributed by atoms with van der Waals surface area (Å²) >= 11 is 1.41. The zero-order valence-corrected chi connectivity index (χ0v) is 11.1. The largest absolute Gasteiger partial charge is 0.375 e. The Morgan fingerprint density at radius 3 is 2.50 bits per heavy atom. The fourth-order valence-corrected chi connectivity index (χ4v) is 2.00. The van der Waals surface area contributed by atoms with Crippen molar-refractivity contribution in [3.63, 3.8) is 0 Å². The van der Waals surface area contributed by atoms with Crippen LogP contribution >= 0.6 is 11.3 Å². The van der Waals surface area contributed by atoms with E-state index in [2.05, 4.69) is 10.3 Å². The van der Waals surface area contributed by atoms with Crippen molar-refractivity contribution in [2.75, 3.05) is 11.1 Å². The average Bonchev–Trinajstić information content (AvgIpc) is 2.76. The van der Waals surface area contributed by atoms with Crippen LogP contribution in [0.25, 0.3) is 11.3 Å². The summed E-state index contributed by atoms with van der Waals surface area (Å²) in [6.07, 6.45) is 0. The number of hydrogen-bond acceptors (Lipinski definition) is 4. The molecule has 0 aliphatic carbocycles. The predicted octanol–water partition coefficient (Wildman–Crippen LogP) is 2.99. The monoisotopic (exact) mass is 261 g/mol. The number of nitrogens with one attached hydrogen (secondary N) is 1. The van der Waals surface area contributed by atoms with E-state index in [1.54, 1.807) is 0 Å². The van der Waals surface area contributed by atoms with Gasteiger partial charge in [-0.15, -0.1) is 11.3 Å². The van der Waals surface area contributed by atoms with Crippen LogP contribution in [0.3, 0.4) is 0 Å². The van der Waals surface area contributed by atoms with Crippen molar-refractivity contribution in [2.45, 2.75) is 13.8 Å². The number of carbonyl (C=O) groups excluding carboxylic acids is 1. The van der Waals surface area contributed by atoms with E-state index in [-0.39, 0.29) is 11.8 Å². The van der Waals surface area contributed by atoms with Gasteiger partial charge in [0.25, 0.3) is 0 Å². The number of aromatic nitrogens is 1. The summed E-state index contributed by atoms with van der Waals surface area (Å²) in [5.74, 6) is -0.0105. The number of nitrogens with zero attached hydrogens (tertiary/aromatic N) is 1. The van der Waals surface area contributed by atoms with E-state index >= 15 is 0 Å². The quantitative estimate of drug-likeness (QED) is 0.892. The first kappa shape index (κ1) is 12.6. The van der Waals surface area contributed by atoms with Crippen LogP contribution in [0.15, 0.2) is 29.6 Å². The molecular weight excluding hydrogens is 246 g/mol. The highest BCUT2D eigenvalue weighted by Gasteiger charge is 2.07. The van der Waals surface area contributed by atoms with Crippen molar-refractivity contribution >= 4 is 28.1 Å². The maximum Gasteiger partial charge on any atom is 0.226 e. The van der Waals surface area contributed by atoms with Crippen molar-refractivity contribution in [3.8, 4) is 11.3 Å². The van der Waals surface area contributed by atoms with Crippen LogP contribution in [-0.2, 0) is 4.79 Å². The molecule has 1 heterocycles. The van der Waals surface area contributed by atoms with Crippen molar-refractivity contribution < 1.29 is 4.79 Å². The van der Waals surface area contributed by atoms with E-state index < -0.39 is 0 Å². The Bertz CT molecular complexity index is 546. The highest BCUT2D eigenvalue weighted by molar-refractivity contribution is 7.13. The lowest BCUT2D eigenvalue weighted by molar-refractivity contribution is -0.118. The van der Waals surface area contributed by atoms with E-state index in [0.29, 0.717) is 5.13 Å². The standard InChI is InChI=1S/C13H15N3OS/c1-8(2)12(17)15-10-5-3-9(4-6-10)11-7-18-13(14)16-11/h3-8H,1-2H3,(H2,14,16)(H,15,17). The first-order valence-electron chi connectivity index (χ1n) is 5.68. The number of nitrogens with two attached hydrogens (primary N) is 1. The van der Waals surface area contributed by atoms with Crippen LogP contribution in [0.2, 0.25) is 0 Å². The molecule has 0 unspecified atom stereocenters. The summed E-state index contributed by atoms with van der Waals surface area (Å²) in [7, 11) is 0. The average molecular weight is 261 g/mol. The number of thiazole rings is 1. The van der Waals surface area contributed by atoms with Crippen molar-refractivity contribution in [1.82, 2.24) is 4.98 Å². The smallest absolute Gasteiger partial charge is 0.226 e. The first-order chi connectivity index (χ1) is 8.56. The van der Waals surface area contributed by atoms with Gasteiger partial charge in [-0.05, 0) is 12.1 Å². The predicted molar refractivity (Wildman–Crippen MR) is 75.4 cm³/mol. The topological polar surface area (TPSA) is 68.0 Å². The fourth-order valence-electron chi connectivity index (χ4n) is 1.43. The normalized spacial score (nSPS) is 10.6. The SMILES string of the molecule is CC(C)C(=O)Nc1ccc(-c2csc(N)n2)cc1. The van der Waals surface area contributed by atoms with Gasteiger partial charge in [0.15, 0.2) is 5.13 Å². The molecule has 0 aliphatic heterocycles. The lowest BCUT2D eigenvalue weighted by atomic mass is 10.1. The lowest BCUT2D eigenvalue weighted by Gasteiger charge is -2.07. The minimum atomic E-state index is -0.0250. The molecule has 4 nitrogen and oxygen atoms in total. The zero-order chi connectivity index (χ0) is 13.1. The van der Waals surface area contributed by atoms with Crippen LogP contribution in [0.1, 0.15) is 13.8 Å². The van der Waals surface area contributed by atoms with Gasteiger partial charge >= 0.3 is 0 Å². The number of benzene rings is 1. The molecule has 94 valence electrons. The Morgan fingerprint density at radius 2 is 2.00 bits per heavy atom. The van der Waals surface area contributed by atoms with Crippen LogP contribution in [0, 0.1) is 5.92 Å². The molecule has 0 saturated carbocycles. The zero-order valence-electron chi connectivity index (χ0n) is 10.3. The van der Waals surface area contributed by atoms with E-state index in [4.69, 9.17) is 5.73 Å². The van der Waals surface area contributed by atoms with Gasteiger partial charge in [-0.2, -0.15) is 0 Å². The Labute approximate surface area is 110 Å². The summed E-state index contributed by atoms with van der Waals surface area (Å²) in [5, 5.41) is 5.32. The molecule has 2 aromatic rings. The fraction of sp³-hybridized carbons (Fsp3) is 0.231. The summed E-state index contributed by atoms with van der Waals surface area (Å²) < 4.78 is 0. The third kappa shape index (κ3) is 2.87. The van der Waals surface area contributed by atoms with Crippen molar-refractivity contribution in [3.05, 3.63) is 29.6 Å². The molecule has 0 spiro atoms. The number of nitrogen functional groups attached to an aromatic ring is 1. The molecule has 0 fully saturated rings. The number of anilines is 2. The van der Waals surface area contributed by atoms with Gasteiger partial charge in [0.05, 0.1) is 5.69 Å². The molecule has 0 radical (unpaired) electrons. The Kier molecular flexibility index (Phi) is 3.62. The number of rotatable bonds is 3. The third-order valence-corrected chi connectivity index (χ3v) is 3.17. The van der Waals surface area contributed by atoms with Crippen LogP contribution < -0.4 is 11.1 Å². The minimum Gasteiger partial charge on any atom is -0.375 e. The van der Waals surface area contributed by atoms with Gasteiger partial charge in [-0.25, -0.2) is 4.98 Å². The van der Waals surface area contributed by atoms with E-state index in [0.717, 1.165) is 16.9 Å². The Balaban J connectivity index is 2.13. The molecule has 18 heavy (non-hydrogen) atoms. The van der Waals surface area contributed by atoms with Gasteiger partial charge in [-0.1, -0.05) is 26.0 Å². The summed E-state index contributed by atoms with van der Waals surface area (Å²) in [6, 6.07) is 7.57. The summed E-state index contributed by atoms with van der Waals surface area (Å²) in [4.78, 5) is 15.7. The van der Waals surface area contributed by atoms with Crippen LogP contribution in [0.5, 0.6) is 0 Å². The second kappa shape index (κ2) is 5.18. The minimum absolute atomic E-state index is 0.0145. The lowest BCUT2D eigenvalue weighted by Crippen LogP contribution is -2.17. The summed E-state index contributed by atoms with van der Waals surface area (Å²) in [6.45, 7) is 3.73. The first-order valence-corrected chi connectivity index (χ1v) is 6.56. The number of hydrogen-bond donors (Lipinski definition) is 2. The highest BCUT2D eigenvalue weighted by Crippen LogP contribution is 2.24. The molecule has 0 saturated heterocycles. The van der Waals surface area contributed by atoms with Gasteiger partial charge in [0.1, 0.15) is 0 Å². The van der Waals surface area contributed by atoms with E-state index in [1.165, 1.54) is 11.3 Å². The second-order valence-corrected chi connectivity index (χ2v) is 5.18. The van der Waals surface area contributed by atoms with Gasteiger partial charge in [0.2, 0.25) is 5.91 Å². The molecule has 0 bridgehead atoms. The second-order valence-electron chi connectivity index (χ2n) is 4.29. The molecule has 3 N–H and O–H groups in total. The van der Waals surface area contributed by atoms with E-state index in [9.17, 15) is 4.79 Å². The maximum absolute atomic E-state index is 11.5. The molecule has 1 amide bonds.